The molecular weight excluding hydrogens is 280 g/mol. The van der Waals surface area contributed by atoms with Crippen LogP contribution in [0, 0.1) is 0 Å². The molecule has 0 fully saturated rings. The highest BCUT2D eigenvalue weighted by Crippen LogP contribution is 2.11. The summed E-state index contributed by atoms with van der Waals surface area (Å²) in [6, 6.07) is 0. The third kappa shape index (κ3) is 21.4. The molecule has 0 radical (unpaired) electrons. The Morgan fingerprint density at radius 2 is 1.00 bits per heavy atom. The second-order valence-electron chi connectivity index (χ2n) is 7.10. The lowest BCUT2D eigenvalue weighted by atomic mass is 10.1. The van der Waals surface area contributed by atoms with Gasteiger partial charge >= 0.3 is 0 Å². The summed E-state index contributed by atoms with van der Waals surface area (Å²) in [5.74, 6) is 0.339. The van der Waals surface area contributed by atoms with Crippen LogP contribution in [0.2, 0.25) is 0 Å². The molecule has 0 spiro atoms. The van der Waals surface area contributed by atoms with Crippen molar-refractivity contribution in [3.05, 3.63) is 12.2 Å². The summed E-state index contributed by atoms with van der Waals surface area (Å²) in [5, 5.41) is 0. The van der Waals surface area contributed by atoms with Crippen LogP contribution >= 0.6 is 0 Å². The van der Waals surface area contributed by atoms with Gasteiger partial charge in [0.15, 0.2) is 0 Å². The summed E-state index contributed by atoms with van der Waals surface area (Å²) in [6.45, 7) is 3.98. The number of unbranched alkanes of at least 4 members (excludes halogenated alkanes) is 14. The molecule has 23 heavy (non-hydrogen) atoms. The van der Waals surface area contributed by atoms with Crippen molar-refractivity contribution in [1.29, 1.82) is 0 Å². The molecule has 0 aromatic rings. The molecule has 0 amide bonds. The van der Waals surface area contributed by atoms with Gasteiger partial charge < -0.3 is 4.79 Å². The Hall–Kier alpha value is -0.590. The van der Waals surface area contributed by atoms with Gasteiger partial charge in [-0.1, -0.05) is 89.7 Å². The normalized spacial score (nSPS) is 11.4. The fraction of sp³-hybridized carbons (Fsp3) is 0.864. The summed E-state index contributed by atoms with van der Waals surface area (Å²) in [4.78, 5) is 10.8. The molecule has 0 N–H and O–H groups in total. The van der Waals surface area contributed by atoms with Crippen LogP contribution in [-0.2, 0) is 4.79 Å². The van der Waals surface area contributed by atoms with Gasteiger partial charge in [0.1, 0.15) is 5.78 Å². The molecule has 0 aromatic heterocycles. The summed E-state index contributed by atoms with van der Waals surface area (Å²) in [5.41, 5.74) is 0. The zero-order chi connectivity index (χ0) is 17.0. The standard InChI is InChI=1S/C22H42O/c1-3-4-5-6-7-8-9-10-11-12-13-14-15-16-17-18-19-20-21-22(2)23/h12-13H,3-11,14-21H2,1-2H3. The van der Waals surface area contributed by atoms with Crippen LogP contribution in [-0.4, -0.2) is 5.78 Å². The number of rotatable bonds is 18. The van der Waals surface area contributed by atoms with E-state index in [0.717, 1.165) is 12.8 Å². The highest BCUT2D eigenvalue weighted by molar-refractivity contribution is 5.75. The number of hydrogen-bond acceptors (Lipinski definition) is 1. The first-order chi connectivity index (χ1) is 11.3. The quantitative estimate of drug-likeness (QED) is 0.186. The van der Waals surface area contributed by atoms with E-state index >= 15 is 0 Å². The summed E-state index contributed by atoms with van der Waals surface area (Å²) in [7, 11) is 0. The largest absolute Gasteiger partial charge is 0.300 e. The Kier molecular flexibility index (Phi) is 19.0. The predicted octanol–water partition coefficient (Wildman–Crippen LogP) is 7.78. The van der Waals surface area contributed by atoms with Gasteiger partial charge in [0.05, 0.1) is 0 Å². The van der Waals surface area contributed by atoms with E-state index in [4.69, 9.17) is 0 Å². The highest BCUT2D eigenvalue weighted by Gasteiger charge is 1.94. The summed E-state index contributed by atoms with van der Waals surface area (Å²) < 4.78 is 0. The average molecular weight is 323 g/mol. The second kappa shape index (κ2) is 19.5. The average Bonchev–Trinajstić information content (AvgIpc) is 2.53. The molecule has 0 aliphatic heterocycles. The van der Waals surface area contributed by atoms with Crippen LogP contribution in [0.4, 0.5) is 0 Å². The van der Waals surface area contributed by atoms with Crippen LogP contribution in [0.3, 0.4) is 0 Å². The Morgan fingerprint density at radius 3 is 1.43 bits per heavy atom. The van der Waals surface area contributed by atoms with Gasteiger partial charge in [-0.05, 0) is 39.0 Å². The lowest BCUT2D eigenvalue weighted by Gasteiger charge is -2.00. The highest BCUT2D eigenvalue weighted by atomic mass is 16.1. The molecule has 0 aliphatic rings. The maximum atomic E-state index is 10.8. The zero-order valence-corrected chi connectivity index (χ0v) is 16.1. The summed E-state index contributed by atoms with van der Waals surface area (Å²) in [6.07, 6.45) is 27.0. The molecule has 0 saturated heterocycles. The maximum Gasteiger partial charge on any atom is 0.129 e. The van der Waals surface area contributed by atoms with E-state index in [9.17, 15) is 4.79 Å². The smallest absolute Gasteiger partial charge is 0.129 e. The Bertz CT molecular complexity index is 267. The minimum Gasteiger partial charge on any atom is -0.300 e. The number of allylic oxidation sites excluding steroid dienone is 2. The molecule has 0 rings (SSSR count). The lowest BCUT2D eigenvalue weighted by Crippen LogP contribution is -1.89. The molecule has 0 atom stereocenters. The summed E-state index contributed by atoms with van der Waals surface area (Å²) >= 11 is 0. The van der Waals surface area contributed by atoms with E-state index in [1.807, 2.05) is 0 Å². The van der Waals surface area contributed by atoms with Gasteiger partial charge in [0.25, 0.3) is 0 Å². The number of ketones is 1. The molecule has 1 heteroatoms. The van der Waals surface area contributed by atoms with Gasteiger partial charge in [0, 0.05) is 6.42 Å². The van der Waals surface area contributed by atoms with Crippen molar-refractivity contribution < 1.29 is 4.79 Å². The van der Waals surface area contributed by atoms with Crippen molar-refractivity contribution in [2.24, 2.45) is 0 Å². The predicted molar refractivity (Wildman–Crippen MR) is 104 cm³/mol. The first kappa shape index (κ1) is 22.4. The van der Waals surface area contributed by atoms with Crippen LogP contribution < -0.4 is 0 Å². The molecular formula is C22H42O. The molecule has 0 saturated carbocycles. The molecule has 0 bridgehead atoms. The Morgan fingerprint density at radius 1 is 0.609 bits per heavy atom. The molecule has 136 valence electrons. The fourth-order valence-corrected chi connectivity index (χ4v) is 2.98. The van der Waals surface area contributed by atoms with Crippen LogP contribution in [0.5, 0.6) is 0 Å². The number of hydrogen-bond donors (Lipinski definition) is 0. The topological polar surface area (TPSA) is 17.1 Å². The van der Waals surface area contributed by atoms with Crippen molar-refractivity contribution in [2.75, 3.05) is 0 Å². The minimum atomic E-state index is 0.339. The van der Waals surface area contributed by atoms with E-state index in [-0.39, 0.29) is 0 Å². The van der Waals surface area contributed by atoms with Gasteiger partial charge in [0.2, 0.25) is 0 Å². The van der Waals surface area contributed by atoms with Gasteiger partial charge in [-0.3, -0.25) is 0 Å². The first-order valence-electron chi connectivity index (χ1n) is 10.4. The second-order valence-corrected chi connectivity index (χ2v) is 7.10. The maximum absolute atomic E-state index is 10.8. The van der Waals surface area contributed by atoms with Crippen LogP contribution in [0.25, 0.3) is 0 Å². The van der Waals surface area contributed by atoms with E-state index in [1.54, 1.807) is 6.92 Å². The van der Waals surface area contributed by atoms with E-state index < -0.39 is 0 Å². The molecule has 0 aromatic carbocycles. The van der Waals surface area contributed by atoms with Crippen molar-refractivity contribution in [3.63, 3.8) is 0 Å². The van der Waals surface area contributed by atoms with Crippen molar-refractivity contribution >= 4 is 5.78 Å². The van der Waals surface area contributed by atoms with E-state index in [0.29, 0.717) is 5.78 Å². The van der Waals surface area contributed by atoms with Crippen molar-refractivity contribution in [3.8, 4) is 0 Å². The van der Waals surface area contributed by atoms with Crippen LogP contribution in [0.1, 0.15) is 123 Å². The monoisotopic (exact) mass is 322 g/mol. The van der Waals surface area contributed by atoms with Gasteiger partial charge in [-0.2, -0.15) is 0 Å². The molecule has 0 heterocycles. The number of carbonyl (C=O) groups excluding carboxylic acids is 1. The Balaban J connectivity index is 3.07. The van der Waals surface area contributed by atoms with Gasteiger partial charge in [-0.15, -0.1) is 0 Å². The molecule has 0 aliphatic carbocycles. The van der Waals surface area contributed by atoms with E-state index in [1.165, 1.54) is 96.3 Å². The number of carbonyl (C=O) groups is 1. The molecule has 1 nitrogen and oxygen atoms in total. The number of Topliss-reactive ketones (excluding diaryl/α,β-unsaturated/α-hetero) is 1. The zero-order valence-electron chi connectivity index (χ0n) is 16.1. The van der Waals surface area contributed by atoms with E-state index in [2.05, 4.69) is 19.1 Å². The van der Waals surface area contributed by atoms with Crippen molar-refractivity contribution in [2.45, 2.75) is 123 Å². The SMILES string of the molecule is CCCCCCCCCCC=CCCCCCCCCC(C)=O. The molecule has 0 unspecified atom stereocenters. The third-order valence-electron chi connectivity index (χ3n) is 4.54. The fourth-order valence-electron chi connectivity index (χ4n) is 2.98. The first-order valence-corrected chi connectivity index (χ1v) is 10.4. The third-order valence-corrected chi connectivity index (χ3v) is 4.54. The minimum absolute atomic E-state index is 0.339. The van der Waals surface area contributed by atoms with Gasteiger partial charge in [-0.25, -0.2) is 0 Å². The van der Waals surface area contributed by atoms with Crippen LogP contribution in [0.15, 0.2) is 12.2 Å². The van der Waals surface area contributed by atoms with Crippen molar-refractivity contribution in [1.82, 2.24) is 0 Å². The Labute approximate surface area is 146 Å². The lowest BCUT2D eigenvalue weighted by molar-refractivity contribution is -0.117.